The van der Waals surface area contributed by atoms with Crippen LogP contribution in [0, 0.1) is 0 Å². The topological polar surface area (TPSA) is 80.2 Å². The van der Waals surface area contributed by atoms with Crippen molar-refractivity contribution in [3.63, 3.8) is 0 Å². The number of anilines is 1. The molecule has 1 aliphatic rings. The van der Waals surface area contributed by atoms with E-state index in [9.17, 15) is 14.4 Å². The average Bonchev–Trinajstić information content (AvgIpc) is 2.72. The van der Waals surface area contributed by atoms with Gasteiger partial charge in [-0.2, -0.15) is 0 Å². The number of fused-ring (bicyclic) bond motifs is 1. The van der Waals surface area contributed by atoms with Gasteiger partial charge in [0.15, 0.2) is 17.2 Å². The summed E-state index contributed by atoms with van der Waals surface area (Å²) in [5, 5.41) is 0. The monoisotopic (exact) mass is 267 g/mol. The van der Waals surface area contributed by atoms with E-state index in [1.807, 2.05) is 0 Å². The molecule has 1 aliphatic heterocycles. The minimum absolute atomic E-state index is 0.0492. The third-order valence-electron chi connectivity index (χ3n) is 3.04. The van der Waals surface area contributed by atoms with E-state index in [0.29, 0.717) is 11.3 Å². The molecule has 0 fully saturated rings. The van der Waals surface area contributed by atoms with Crippen molar-refractivity contribution in [2.75, 3.05) is 4.90 Å². The normalized spacial score (nSPS) is 13.6. The fourth-order valence-electron chi connectivity index (χ4n) is 2.03. The van der Waals surface area contributed by atoms with Crippen molar-refractivity contribution >= 4 is 23.3 Å². The largest absolute Gasteiger partial charge is 0.295 e. The van der Waals surface area contributed by atoms with Crippen LogP contribution < -0.4 is 4.90 Å². The van der Waals surface area contributed by atoms with Crippen LogP contribution in [0.1, 0.15) is 38.3 Å². The molecule has 2 heterocycles. The van der Waals surface area contributed by atoms with Crippen LogP contribution in [0.4, 0.5) is 5.69 Å². The van der Waals surface area contributed by atoms with E-state index >= 15 is 0 Å². The number of imide groups is 1. The Bertz CT molecular complexity index is 703. The first kappa shape index (κ1) is 12.2. The highest BCUT2D eigenvalue weighted by molar-refractivity contribution is 6.33. The van der Waals surface area contributed by atoms with Gasteiger partial charge in [-0.3, -0.25) is 14.4 Å². The molecule has 0 spiro atoms. The van der Waals surface area contributed by atoms with Crippen molar-refractivity contribution in [2.45, 2.75) is 6.92 Å². The number of benzene rings is 1. The van der Waals surface area contributed by atoms with Gasteiger partial charge < -0.3 is 0 Å². The molecule has 0 N–H and O–H groups in total. The molecule has 6 nitrogen and oxygen atoms in total. The Balaban J connectivity index is 2.02. The first-order valence-corrected chi connectivity index (χ1v) is 5.90. The molecule has 1 aromatic carbocycles. The quantitative estimate of drug-likeness (QED) is 0.608. The number of carbonyl (C=O) groups is 3. The third kappa shape index (κ3) is 1.70. The van der Waals surface area contributed by atoms with E-state index in [0.717, 1.165) is 4.90 Å². The summed E-state index contributed by atoms with van der Waals surface area (Å²) in [5.41, 5.74) is 1.01. The van der Waals surface area contributed by atoms with Crippen molar-refractivity contribution in [1.29, 1.82) is 0 Å². The second-order valence-electron chi connectivity index (χ2n) is 4.30. The van der Waals surface area contributed by atoms with Gasteiger partial charge in [-0.05, 0) is 31.2 Å². The number of ketones is 1. The summed E-state index contributed by atoms with van der Waals surface area (Å²) in [6, 6.07) is 6.25. The van der Waals surface area contributed by atoms with Crippen LogP contribution in [0.25, 0.3) is 0 Å². The first-order valence-electron chi connectivity index (χ1n) is 5.90. The number of hydrogen-bond donors (Lipinski definition) is 0. The molecule has 2 aromatic rings. The zero-order valence-corrected chi connectivity index (χ0v) is 10.5. The van der Waals surface area contributed by atoms with Crippen molar-refractivity contribution in [3.05, 3.63) is 53.6 Å². The number of nitrogens with zero attached hydrogens (tertiary/aromatic N) is 3. The highest BCUT2D eigenvalue weighted by Gasteiger charge is 2.39. The van der Waals surface area contributed by atoms with Gasteiger partial charge >= 0.3 is 0 Å². The third-order valence-corrected chi connectivity index (χ3v) is 3.04. The molecular formula is C14H9N3O3. The Morgan fingerprint density at radius 3 is 1.90 bits per heavy atom. The van der Waals surface area contributed by atoms with Crippen molar-refractivity contribution in [3.8, 4) is 0 Å². The van der Waals surface area contributed by atoms with E-state index < -0.39 is 11.8 Å². The average molecular weight is 267 g/mol. The maximum absolute atomic E-state index is 12.2. The zero-order valence-electron chi connectivity index (χ0n) is 10.5. The van der Waals surface area contributed by atoms with Crippen LogP contribution in [0.3, 0.4) is 0 Å². The van der Waals surface area contributed by atoms with E-state index in [4.69, 9.17) is 0 Å². The van der Waals surface area contributed by atoms with Crippen LogP contribution >= 0.6 is 0 Å². The van der Waals surface area contributed by atoms with Gasteiger partial charge in [0.25, 0.3) is 11.8 Å². The minimum Gasteiger partial charge on any atom is -0.295 e. The highest BCUT2D eigenvalue weighted by Crippen LogP contribution is 2.25. The lowest BCUT2D eigenvalue weighted by Gasteiger charge is -2.13. The lowest BCUT2D eigenvalue weighted by atomic mass is 10.1. The predicted molar refractivity (Wildman–Crippen MR) is 69.6 cm³/mol. The summed E-state index contributed by atoms with van der Waals surface area (Å²) in [7, 11) is 0. The SMILES string of the molecule is CC(=O)c1ccc(N2C(=O)c3nccnc3C2=O)cc1. The molecule has 0 aliphatic carbocycles. The molecule has 2 amide bonds. The number of rotatable bonds is 2. The number of aromatic nitrogens is 2. The van der Waals surface area contributed by atoms with Gasteiger partial charge in [-0.25, -0.2) is 14.9 Å². The van der Waals surface area contributed by atoms with Crippen LogP contribution in [0.15, 0.2) is 36.7 Å². The molecular weight excluding hydrogens is 258 g/mol. The molecule has 20 heavy (non-hydrogen) atoms. The molecule has 0 atom stereocenters. The van der Waals surface area contributed by atoms with Gasteiger partial charge in [0.05, 0.1) is 5.69 Å². The summed E-state index contributed by atoms with van der Waals surface area (Å²) in [6.45, 7) is 1.45. The molecule has 1 aromatic heterocycles. The summed E-state index contributed by atoms with van der Waals surface area (Å²) in [4.78, 5) is 44.3. The van der Waals surface area contributed by atoms with Gasteiger partial charge in [-0.1, -0.05) is 0 Å². The Labute approximate surface area is 114 Å². The Kier molecular flexibility index (Phi) is 2.64. The van der Waals surface area contributed by atoms with Crippen LogP contribution in [0.5, 0.6) is 0 Å². The molecule has 0 saturated heterocycles. The predicted octanol–water partition coefficient (Wildman–Crippen LogP) is 1.48. The van der Waals surface area contributed by atoms with Gasteiger partial charge in [0, 0.05) is 18.0 Å². The van der Waals surface area contributed by atoms with Gasteiger partial charge in [0.1, 0.15) is 0 Å². The van der Waals surface area contributed by atoms with Crippen LogP contribution in [0.2, 0.25) is 0 Å². The summed E-state index contributed by atoms with van der Waals surface area (Å²) < 4.78 is 0. The van der Waals surface area contributed by atoms with E-state index in [1.54, 1.807) is 24.3 Å². The lowest BCUT2D eigenvalue weighted by Crippen LogP contribution is -2.29. The van der Waals surface area contributed by atoms with Crippen molar-refractivity contribution in [2.24, 2.45) is 0 Å². The minimum atomic E-state index is -0.506. The Morgan fingerprint density at radius 1 is 0.950 bits per heavy atom. The molecule has 0 unspecified atom stereocenters. The first-order chi connectivity index (χ1) is 9.59. The molecule has 98 valence electrons. The highest BCUT2D eigenvalue weighted by atomic mass is 16.2. The fourth-order valence-corrected chi connectivity index (χ4v) is 2.03. The Morgan fingerprint density at radius 2 is 1.45 bits per heavy atom. The lowest BCUT2D eigenvalue weighted by molar-refractivity contribution is 0.0922. The van der Waals surface area contributed by atoms with E-state index in [2.05, 4.69) is 9.97 Å². The van der Waals surface area contributed by atoms with E-state index in [1.165, 1.54) is 19.3 Å². The number of carbonyl (C=O) groups excluding carboxylic acids is 3. The van der Waals surface area contributed by atoms with Crippen molar-refractivity contribution < 1.29 is 14.4 Å². The Hall–Kier alpha value is -2.89. The smallest absolute Gasteiger partial charge is 0.286 e. The summed E-state index contributed by atoms with van der Waals surface area (Å²) in [6.07, 6.45) is 2.73. The van der Waals surface area contributed by atoms with Gasteiger partial charge in [-0.15, -0.1) is 0 Å². The number of hydrogen-bond acceptors (Lipinski definition) is 5. The van der Waals surface area contributed by atoms with E-state index in [-0.39, 0.29) is 17.2 Å². The van der Waals surface area contributed by atoms with Gasteiger partial charge in [0.2, 0.25) is 0 Å². The van der Waals surface area contributed by atoms with Crippen LogP contribution in [-0.2, 0) is 0 Å². The molecule has 0 radical (unpaired) electrons. The molecule has 3 rings (SSSR count). The number of amides is 2. The molecule has 0 bridgehead atoms. The fraction of sp³-hybridized carbons (Fsp3) is 0.0714. The van der Waals surface area contributed by atoms with Crippen molar-refractivity contribution in [1.82, 2.24) is 9.97 Å². The number of Topliss-reactive ketones (excluding diaryl/α,β-unsaturated/α-hetero) is 1. The maximum atomic E-state index is 12.2. The van der Waals surface area contributed by atoms with Crippen LogP contribution in [-0.4, -0.2) is 27.6 Å². The zero-order chi connectivity index (χ0) is 14.3. The second kappa shape index (κ2) is 4.34. The maximum Gasteiger partial charge on any atom is 0.286 e. The second-order valence-corrected chi connectivity index (χ2v) is 4.30. The summed E-state index contributed by atoms with van der Waals surface area (Å²) >= 11 is 0. The molecule has 6 heteroatoms. The standard InChI is InChI=1S/C14H9N3O3/c1-8(18)9-2-4-10(5-3-9)17-13(19)11-12(14(17)20)16-7-6-15-11/h2-7H,1H3. The molecule has 0 saturated carbocycles. The summed E-state index contributed by atoms with van der Waals surface area (Å²) in [5.74, 6) is -1.09.